The lowest BCUT2D eigenvalue weighted by molar-refractivity contribution is -0.117. The van der Waals surface area contributed by atoms with Gasteiger partial charge in [0.05, 0.1) is 17.8 Å². The highest BCUT2D eigenvalue weighted by Gasteiger charge is 2.18. The van der Waals surface area contributed by atoms with Crippen LogP contribution in [-0.4, -0.2) is 16.2 Å². The maximum absolute atomic E-state index is 11.5. The topological polar surface area (TPSA) is 34.4 Å². The first-order chi connectivity index (χ1) is 7.34. The smallest absolute Gasteiger partial charge is 0.252 e. The quantitative estimate of drug-likeness (QED) is 0.626. The minimum absolute atomic E-state index is 0.0695. The Morgan fingerprint density at radius 3 is 3.27 bits per heavy atom. The molecule has 0 bridgehead atoms. The Balaban J connectivity index is 2.23. The summed E-state index contributed by atoms with van der Waals surface area (Å²) in [4.78, 5) is 15.6. The van der Waals surface area contributed by atoms with Gasteiger partial charge in [0.25, 0.3) is 5.91 Å². The molecule has 1 aliphatic heterocycles. The summed E-state index contributed by atoms with van der Waals surface area (Å²) in [5.41, 5.74) is 2.82. The number of hydrogen-bond donors (Lipinski definition) is 0. The van der Waals surface area contributed by atoms with Crippen LogP contribution in [0.3, 0.4) is 0 Å². The maximum atomic E-state index is 11.5. The molecule has 0 spiro atoms. The molecule has 74 valence electrons. The Kier molecular flexibility index (Phi) is 1.71. The van der Waals surface area contributed by atoms with E-state index in [-0.39, 0.29) is 5.91 Å². The van der Waals surface area contributed by atoms with Crippen LogP contribution in [0.4, 0.5) is 0 Å². The van der Waals surface area contributed by atoms with Crippen LogP contribution in [0.5, 0.6) is 0 Å². The van der Waals surface area contributed by atoms with Crippen LogP contribution < -0.4 is 0 Å². The fraction of sp³-hybridized carbons (Fsp3) is 0.167. The average Bonchev–Trinajstić information content (AvgIpc) is 2.62. The zero-order valence-electron chi connectivity index (χ0n) is 8.18. The fourth-order valence-corrected chi connectivity index (χ4v) is 1.99. The summed E-state index contributed by atoms with van der Waals surface area (Å²) in [5.74, 6) is -0.0695. The van der Waals surface area contributed by atoms with E-state index in [0.717, 1.165) is 23.5 Å². The van der Waals surface area contributed by atoms with Crippen LogP contribution >= 0.6 is 0 Å². The van der Waals surface area contributed by atoms with E-state index in [4.69, 9.17) is 0 Å². The molecule has 0 fully saturated rings. The largest absolute Gasteiger partial charge is 0.319 e. The van der Waals surface area contributed by atoms with E-state index in [1.54, 1.807) is 0 Å². The van der Waals surface area contributed by atoms with Crippen molar-refractivity contribution in [2.45, 2.75) is 12.8 Å². The number of allylic oxidation sites excluding steroid dienone is 4. The standard InChI is InChI=1S/C12H10N2O/c15-12-8-9-4-3-7-14(9)11-6-2-1-5-10(11)13-12/h1,3-7H,2,8H2. The summed E-state index contributed by atoms with van der Waals surface area (Å²) in [6, 6.07) is 3.93. The fourth-order valence-electron chi connectivity index (χ4n) is 1.99. The summed E-state index contributed by atoms with van der Waals surface area (Å²) in [7, 11) is 0. The van der Waals surface area contributed by atoms with Gasteiger partial charge in [0, 0.05) is 11.9 Å². The number of carbonyl (C=O) groups is 1. The van der Waals surface area contributed by atoms with E-state index in [9.17, 15) is 4.79 Å². The molecule has 15 heavy (non-hydrogen) atoms. The van der Waals surface area contributed by atoms with Crippen molar-refractivity contribution in [3.8, 4) is 0 Å². The Morgan fingerprint density at radius 1 is 1.40 bits per heavy atom. The van der Waals surface area contributed by atoms with Crippen LogP contribution in [-0.2, 0) is 11.2 Å². The van der Waals surface area contributed by atoms with Gasteiger partial charge in [-0.1, -0.05) is 12.2 Å². The molecule has 2 heterocycles. The van der Waals surface area contributed by atoms with E-state index in [0.29, 0.717) is 6.42 Å². The summed E-state index contributed by atoms with van der Waals surface area (Å²) in [6.07, 6.45) is 9.31. The van der Waals surface area contributed by atoms with Gasteiger partial charge >= 0.3 is 0 Å². The number of fused-ring (bicyclic) bond motifs is 3. The molecule has 3 heteroatoms. The predicted octanol–water partition coefficient (Wildman–Crippen LogP) is 1.81. The highest BCUT2D eigenvalue weighted by molar-refractivity contribution is 6.28. The summed E-state index contributed by atoms with van der Waals surface area (Å²) in [6.45, 7) is 0. The number of aromatic nitrogens is 1. The van der Waals surface area contributed by atoms with E-state index in [1.165, 1.54) is 0 Å². The molecular formula is C12H10N2O. The number of hydrogen-bond acceptors (Lipinski definition) is 1. The second kappa shape index (κ2) is 3.05. The number of amides is 1. The van der Waals surface area contributed by atoms with Crippen molar-refractivity contribution in [2.75, 3.05) is 0 Å². The third-order valence-corrected chi connectivity index (χ3v) is 2.66. The minimum Gasteiger partial charge on any atom is -0.319 e. The lowest BCUT2D eigenvalue weighted by atomic mass is 10.1. The van der Waals surface area contributed by atoms with Crippen molar-refractivity contribution in [2.24, 2.45) is 4.99 Å². The van der Waals surface area contributed by atoms with Gasteiger partial charge < -0.3 is 4.57 Å². The number of nitrogens with zero attached hydrogens (tertiary/aromatic N) is 2. The molecule has 1 amide bonds. The van der Waals surface area contributed by atoms with Gasteiger partial charge in [-0.25, -0.2) is 4.99 Å². The molecule has 3 rings (SSSR count). The third kappa shape index (κ3) is 1.28. The van der Waals surface area contributed by atoms with Crippen LogP contribution in [0.2, 0.25) is 0 Å². The molecule has 2 aliphatic rings. The first-order valence-corrected chi connectivity index (χ1v) is 5.00. The predicted molar refractivity (Wildman–Crippen MR) is 58.6 cm³/mol. The molecule has 1 aromatic heterocycles. The van der Waals surface area contributed by atoms with Gasteiger partial charge in [-0.3, -0.25) is 4.79 Å². The third-order valence-electron chi connectivity index (χ3n) is 2.66. The molecule has 0 aromatic carbocycles. The van der Waals surface area contributed by atoms with Gasteiger partial charge in [-0.15, -0.1) is 0 Å². The normalized spacial score (nSPS) is 18.8. The lowest BCUT2D eigenvalue weighted by Crippen LogP contribution is -2.08. The van der Waals surface area contributed by atoms with E-state index < -0.39 is 0 Å². The van der Waals surface area contributed by atoms with Crippen molar-refractivity contribution in [1.82, 2.24) is 4.57 Å². The van der Waals surface area contributed by atoms with E-state index in [1.807, 2.05) is 35.0 Å². The molecule has 1 aliphatic carbocycles. The van der Waals surface area contributed by atoms with Crippen LogP contribution in [0.15, 0.2) is 41.6 Å². The Bertz CT molecular complexity index is 517. The van der Waals surface area contributed by atoms with Gasteiger partial charge in [-0.05, 0) is 24.6 Å². The van der Waals surface area contributed by atoms with Crippen molar-refractivity contribution in [3.05, 3.63) is 42.3 Å². The molecule has 1 aromatic rings. The van der Waals surface area contributed by atoms with Gasteiger partial charge in [0.1, 0.15) is 0 Å². The number of rotatable bonds is 0. The summed E-state index contributed by atoms with van der Waals surface area (Å²) in [5, 5.41) is 0. The summed E-state index contributed by atoms with van der Waals surface area (Å²) < 4.78 is 2.05. The van der Waals surface area contributed by atoms with Crippen molar-refractivity contribution in [3.63, 3.8) is 0 Å². The average molecular weight is 198 g/mol. The zero-order chi connectivity index (χ0) is 10.3. The highest BCUT2D eigenvalue weighted by Crippen LogP contribution is 2.21. The van der Waals surface area contributed by atoms with Gasteiger partial charge in [0.15, 0.2) is 0 Å². The van der Waals surface area contributed by atoms with Crippen molar-refractivity contribution < 1.29 is 4.79 Å². The molecule has 0 unspecified atom stereocenters. The molecule has 0 atom stereocenters. The SMILES string of the molecule is O=C1Cc2cccn2C2=CCC=CC2=N1. The van der Waals surface area contributed by atoms with Gasteiger partial charge in [0.2, 0.25) is 0 Å². The monoisotopic (exact) mass is 198 g/mol. The number of aliphatic imine (C=N–C) groups is 1. The molecule has 0 radical (unpaired) electrons. The first kappa shape index (κ1) is 8.41. The minimum atomic E-state index is -0.0695. The molecule has 3 nitrogen and oxygen atoms in total. The molecule has 0 N–H and O–H groups in total. The second-order valence-corrected chi connectivity index (χ2v) is 3.66. The molecule has 0 saturated carbocycles. The van der Waals surface area contributed by atoms with Gasteiger partial charge in [-0.2, -0.15) is 0 Å². The van der Waals surface area contributed by atoms with E-state index in [2.05, 4.69) is 11.1 Å². The van der Waals surface area contributed by atoms with E-state index >= 15 is 0 Å². The molecular weight excluding hydrogens is 188 g/mol. The second-order valence-electron chi connectivity index (χ2n) is 3.66. The lowest BCUT2D eigenvalue weighted by Gasteiger charge is -2.12. The number of carbonyl (C=O) groups excluding carboxylic acids is 1. The van der Waals surface area contributed by atoms with Crippen LogP contribution in [0.1, 0.15) is 12.1 Å². The maximum Gasteiger partial charge on any atom is 0.252 e. The Labute approximate surface area is 87.4 Å². The van der Waals surface area contributed by atoms with Crippen LogP contribution in [0.25, 0.3) is 5.70 Å². The first-order valence-electron chi connectivity index (χ1n) is 5.00. The Morgan fingerprint density at radius 2 is 2.33 bits per heavy atom. The molecule has 0 saturated heterocycles. The van der Waals surface area contributed by atoms with Crippen molar-refractivity contribution >= 4 is 17.3 Å². The summed E-state index contributed by atoms with van der Waals surface area (Å²) >= 11 is 0. The van der Waals surface area contributed by atoms with Crippen molar-refractivity contribution in [1.29, 1.82) is 0 Å². The zero-order valence-corrected chi connectivity index (χ0v) is 8.18. The highest BCUT2D eigenvalue weighted by atomic mass is 16.1. The van der Waals surface area contributed by atoms with Crippen LogP contribution in [0, 0.1) is 0 Å². The Hall–Kier alpha value is -1.90.